The Morgan fingerprint density at radius 3 is 2.81 bits per heavy atom. The number of carbonyl (C=O) groups is 1. The summed E-state index contributed by atoms with van der Waals surface area (Å²) >= 11 is 0. The van der Waals surface area contributed by atoms with Gasteiger partial charge in [0.15, 0.2) is 14.9 Å². The normalized spacial score (nSPS) is 28.8. The van der Waals surface area contributed by atoms with Gasteiger partial charge in [-0.15, -0.1) is 0 Å². The number of sulfone groups is 1. The molecule has 0 radical (unpaired) electrons. The second kappa shape index (κ2) is 8.47. The van der Waals surface area contributed by atoms with Crippen LogP contribution in [-0.4, -0.2) is 61.7 Å². The lowest BCUT2D eigenvalue weighted by atomic mass is 9.78. The first-order valence-electron chi connectivity index (χ1n) is 11.0. The van der Waals surface area contributed by atoms with Crippen LogP contribution in [0.3, 0.4) is 0 Å². The van der Waals surface area contributed by atoms with Crippen molar-refractivity contribution in [3.05, 3.63) is 41.6 Å². The molecule has 0 saturated carbocycles. The van der Waals surface area contributed by atoms with Crippen molar-refractivity contribution >= 4 is 21.4 Å². The molecule has 4 rings (SSSR count). The molecule has 1 aromatic heterocycles. The van der Waals surface area contributed by atoms with Crippen molar-refractivity contribution in [3.63, 3.8) is 0 Å². The lowest BCUT2D eigenvalue weighted by Gasteiger charge is -2.45. The first-order valence-corrected chi connectivity index (χ1v) is 12.8. The van der Waals surface area contributed by atoms with Gasteiger partial charge in [0.1, 0.15) is 11.4 Å². The van der Waals surface area contributed by atoms with Gasteiger partial charge in [0.05, 0.1) is 17.6 Å². The lowest BCUT2D eigenvalue weighted by Crippen LogP contribution is -2.59. The summed E-state index contributed by atoms with van der Waals surface area (Å²) in [6, 6.07) is 3.25. The first-order chi connectivity index (χ1) is 15.1. The number of hydrogen-bond acceptors (Lipinski definition) is 7. The molecule has 0 spiro atoms. The molecule has 2 unspecified atom stereocenters. The molecule has 2 aliphatic heterocycles. The number of anilines is 1. The van der Waals surface area contributed by atoms with Crippen molar-refractivity contribution in [2.45, 2.75) is 49.7 Å². The van der Waals surface area contributed by atoms with E-state index in [9.17, 15) is 17.6 Å². The molecule has 3 atom stereocenters. The molecule has 0 aromatic carbocycles. The highest BCUT2D eigenvalue weighted by molar-refractivity contribution is 7.90. The van der Waals surface area contributed by atoms with Gasteiger partial charge in [-0.3, -0.25) is 9.69 Å². The number of nitrogens with one attached hydrogen (secondary N) is 3. The SMILES string of the molecule is CCNC1=C2NC(=O)C(C)(N3CCC[C@@H](Nc4ccc(S(C)(=O)=O)nc4)C3)C2CC(F)=C1. The van der Waals surface area contributed by atoms with E-state index < -0.39 is 15.4 Å². The number of rotatable bonds is 6. The third-order valence-corrected chi connectivity index (χ3v) is 7.66. The Morgan fingerprint density at radius 2 is 2.16 bits per heavy atom. The molecule has 1 amide bonds. The molecule has 10 heteroatoms. The highest BCUT2D eigenvalue weighted by atomic mass is 32.2. The van der Waals surface area contributed by atoms with Crippen LogP contribution in [0, 0.1) is 5.92 Å². The van der Waals surface area contributed by atoms with E-state index in [1.807, 2.05) is 13.8 Å². The van der Waals surface area contributed by atoms with Crippen molar-refractivity contribution in [1.82, 2.24) is 20.5 Å². The number of likely N-dealkylation sites (N-methyl/N-ethyl adjacent to an activating group) is 1. The summed E-state index contributed by atoms with van der Waals surface area (Å²) in [5.74, 6) is -0.597. The number of piperidine rings is 1. The number of aromatic nitrogens is 1. The molecular weight excluding hydrogens is 433 g/mol. The summed E-state index contributed by atoms with van der Waals surface area (Å²) in [6.45, 7) is 5.86. The van der Waals surface area contributed by atoms with Crippen molar-refractivity contribution in [3.8, 4) is 0 Å². The second-order valence-electron chi connectivity index (χ2n) is 8.89. The number of nitrogens with zero attached hydrogens (tertiary/aromatic N) is 2. The number of amides is 1. The molecule has 8 nitrogen and oxygen atoms in total. The standard InChI is InChI=1S/C22H30FN5O3S/c1-4-24-18-11-14(23)10-17-20(18)27-21(29)22(17,2)28-9-5-6-16(13-28)26-15-7-8-19(25-12-15)32(3,30)31/h7-8,11-12,16-17,24,26H,4-6,9-10,13H2,1-3H3,(H,27,29)/t16-,17?,22?/m1/s1. The molecular formula is C22H30FN5O3S. The highest BCUT2D eigenvalue weighted by Crippen LogP contribution is 2.44. The smallest absolute Gasteiger partial charge is 0.245 e. The third-order valence-electron chi connectivity index (χ3n) is 6.66. The Bertz CT molecular complexity index is 1070. The molecule has 1 aliphatic carbocycles. The topological polar surface area (TPSA) is 103 Å². The van der Waals surface area contributed by atoms with Gasteiger partial charge in [-0.25, -0.2) is 17.8 Å². The highest BCUT2D eigenvalue weighted by Gasteiger charge is 2.55. The summed E-state index contributed by atoms with van der Waals surface area (Å²) in [7, 11) is -3.35. The van der Waals surface area contributed by atoms with Gasteiger partial charge in [0.2, 0.25) is 5.91 Å². The van der Waals surface area contributed by atoms with Crippen LogP contribution in [0.1, 0.15) is 33.1 Å². The summed E-state index contributed by atoms with van der Waals surface area (Å²) in [6.07, 6.45) is 6.12. The Morgan fingerprint density at radius 1 is 1.38 bits per heavy atom. The van der Waals surface area contributed by atoms with Crippen LogP contribution in [0.2, 0.25) is 0 Å². The van der Waals surface area contributed by atoms with Crippen LogP contribution in [-0.2, 0) is 14.6 Å². The average Bonchev–Trinajstić information content (AvgIpc) is 3.00. The number of likely N-dealkylation sites (tertiary alicyclic amines) is 1. The molecule has 32 heavy (non-hydrogen) atoms. The van der Waals surface area contributed by atoms with E-state index in [2.05, 4.69) is 25.8 Å². The first kappa shape index (κ1) is 22.7. The van der Waals surface area contributed by atoms with E-state index in [1.54, 1.807) is 6.07 Å². The van der Waals surface area contributed by atoms with Crippen LogP contribution in [0.4, 0.5) is 10.1 Å². The largest absolute Gasteiger partial charge is 0.384 e. The number of pyridine rings is 1. The molecule has 3 N–H and O–H groups in total. The van der Waals surface area contributed by atoms with E-state index in [4.69, 9.17) is 0 Å². The number of carbonyl (C=O) groups excluding carboxylic acids is 1. The predicted octanol–water partition coefficient (Wildman–Crippen LogP) is 1.94. The van der Waals surface area contributed by atoms with Crippen molar-refractivity contribution < 1.29 is 17.6 Å². The van der Waals surface area contributed by atoms with Gasteiger partial charge in [-0.2, -0.15) is 0 Å². The van der Waals surface area contributed by atoms with E-state index >= 15 is 0 Å². The number of hydrogen-bond donors (Lipinski definition) is 3. The van der Waals surface area contributed by atoms with Gasteiger partial charge < -0.3 is 16.0 Å². The van der Waals surface area contributed by atoms with Gasteiger partial charge >= 0.3 is 0 Å². The van der Waals surface area contributed by atoms with Crippen LogP contribution in [0.5, 0.6) is 0 Å². The number of allylic oxidation sites excluding steroid dienone is 2. The quantitative estimate of drug-likeness (QED) is 0.592. The van der Waals surface area contributed by atoms with Crippen LogP contribution in [0.25, 0.3) is 0 Å². The summed E-state index contributed by atoms with van der Waals surface area (Å²) < 4.78 is 37.7. The molecule has 2 saturated heterocycles. The third kappa shape index (κ3) is 4.13. The van der Waals surface area contributed by atoms with E-state index in [0.717, 1.165) is 37.0 Å². The zero-order chi connectivity index (χ0) is 23.1. The second-order valence-corrected chi connectivity index (χ2v) is 10.9. The van der Waals surface area contributed by atoms with Gasteiger partial charge in [0.25, 0.3) is 0 Å². The fourth-order valence-electron chi connectivity index (χ4n) is 4.96. The molecule has 3 heterocycles. The molecule has 1 aromatic rings. The van der Waals surface area contributed by atoms with Gasteiger partial charge in [-0.05, 0) is 51.4 Å². The Hall–Kier alpha value is -2.46. The van der Waals surface area contributed by atoms with Crippen molar-refractivity contribution in [1.29, 1.82) is 0 Å². The van der Waals surface area contributed by atoms with Crippen LogP contribution >= 0.6 is 0 Å². The molecule has 174 valence electrons. The zero-order valence-corrected chi connectivity index (χ0v) is 19.4. The van der Waals surface area contributed by atoms with E-state index in [-0.39, 0.29) is 35.1 Å². The minimum Gasteiger partial charge on any atom is -0.384 e. The summed E-state index contributed by atoms with van der Waals surface area (Å²) in [4.78, 5) is 19.4. The van der Waals surface area contributed by atoms with Crippen molar-refractivity contribution in [2.24, 2.45) is 5.92 Å². The Labute approximate surface area is 188 Å². The molecule has 3 aliphatic rings. The summed E-state index contributed by atoms with van der Waals surface area (Å²) in [5, 5.41) is 9.64. The van der Waals surface area contributed by atoms with Crippen LogP contribution in [0.15, 0.2) is 46.7 Å². The number of halogens is 1. The summed E-state index contributed by atoms with van der Waals surface area (Å²) in [5.41, 5.74) is 1.31. The van der Waals surface area contributed by atoms with Gasteiger partial charge in [-0.1, -0.05) is 0 Å². The number of fused-ring (bicyclic) bond motifs is 1. The van der Waals surface area contributed by atoms with Gasteiger partial charge in [0, 0.05) is 43.4 Å². The molecule has 2 fully saturated rings. The minimum absolute atomic E-state index is 0.0339. The van der Waals surface area contributed by atoms with Crippen molar-refractivity contribution in [2.75, 3.05) is 31.2 Å². The lowest BCUT2D eigenvalue weighted by molar-refractivity contribution is -0.131. The predicted molar refractivity (Wildman–Crippen MR) is 120 cm³/mol. The van der Waals surface area contributed by atoms with Crippen LogP contribution < -0.4 is 16.0 Å². The fraction of sp³-hybridized carbons (Fsp3) is 0.545. The monoisotopic (exact) mass is 463 g/mol. The Kier molecular flexibility index (Phi) is 6.02. The maximum Gasteiger partial charge on any atom is 0.245 e. The minimum atomic E-state index is -3.35. The maximum absolute atomic E-state index is 14.5. The Balaban J connectivity index is 1.52. The maximum atomic E-state index is 14.5. The molecule has 0 bridgehead atoms. The zero-order valence-electron chi connectivity index (χ0n) is 18.6. The fourth-order valence-corrected chi connectivity index (χ4v) is 5.52. The van der Waals surface area contributed by atoms with E-state index in [1.165, 1.54) is 18.3 Å². The van der Waals surface area contributed by atoms with E-state index in [0.29, 0.717) is 18.8 Å². The average molecular weight is 464 g/mol.